The number of carbonyl (C=O) groups is 2. The molecular formula is C31H34F5N7O4. The number of hydrogen-bond acceptors (Lipinski definition) is 8. The third-order valence-electron chi connectivity index (χ3n) is 7.04. The first kappa shape index (κ1) is 35.2. The van der Waals surface area contributed by atoms with Gasteiger partial charge in [-0.15, -0.1) is 0 Å². The molecule has 0 unspecified atom stereocenters. The van der Waals surface area contributed by atoms with Crippen LogP contribution in [0.5, 0.6) is 0 Å². The summed E-state index contributed by atoms with van der Waals surface area (Å²) >= 11 is 0. The van der Waals surface area contributed by atoms with Crippen molar-refractivity contribution in [1.82, 2.24) is 19.5 Å². The van der Waals surface area contributed by atoms with Gasteiger partial charge in [-0.25, -0.2) is 23.1 Å². The Labute approximate surface area is 266 Å². The van der Waals surface area contributed by atoms with Gasteiger partial charge in [0.2, 0.25) is 5.78 Å². The largest absolute Gasteiger partial charge is 0.416 e. The molecule has 1 aliphatic heterocycles. The van der Waals surface area contributed by atoms with E-state index in [1.165, 1.54) is 29.0 Å². The summed E-state index contributed by atoms with van der Waals surface area (Å²) in [5.74, 6) is -2.41. The molecule has 0 atom stereocenters. The number of halogens is 5. The van der Waals surface area contributed by atoms with Crippen LogP contribution in [-0.4, -0.2) is 77.4 Å². The van der Waals surface area contributed by atoms with E-state index >= 15 is 4.39 Å². The molecule has 1 aliphatic rings. The Hall–Kier alpha value is -4.67. The molecule has 0 bridgehead atoms. The van der Waals surface area contributed by atoms with Crippen molar-refractivity contribution in [3.63, 3.8) is 0 Å². The third kappa shape index (κ3) is 8.78. The van der Waals surface area contributed by atoms with Gasteiger partial charge < -0.3 is 25.8 Å². The van der Waals surface area contributed by atoms with Crippen molar-refractivity contribution in [2.75, 3.05) is 62.4 Å². The fraction of sp³-hybridized carbons (Fsp3) is 0.355. The number of nitrogen functional groups attached to an aromatic ring is 1. The van der Waals surface area contributed by atoms with Gasteiger partial charge in [0.25, 0.3) is 0 Å². The minimum absolute atomic E-state index is 0.0237. The molecule has 2 amide bonds. The highest BCUT2D eigenvalue weighted by molar-refractivity contribution is 6.02. The first-order valence-corrected chi connectivity index (χ1v) is 14.8. The Kier molecular flexibility index (Phi) is 11.8. The third-order valence-corrected chi connectivity index (χ3v) is 7.04. The smallest absolute Gasteiger partial charge is 0.382 e. The number of Topliss-reactive ketones (excluding diaryl/α,β-unsaturated/α-hetero) is 1. The molecule has 1 fully saturated rings. The number of carbonyl (C=O) groups excluding carboxylic acids is 2. The maximum Gasteiger partial charge on any atom is 0.416 e. The van der Waals surface area contributed by atoms with E-state index in [-0.39, 0.29) is 34.9 Å². The fourth-order valence-corrected chi connectivity index (χ4v) is 4.80. The van der Waals surface area contributed by atoms with Crippen molar-refractivity contribution in [3.8, 4) is 11.1 Å². The number of nitrogens with one attached hydrogen (secondary N) is 2. The molecular weight excluding hydrogens is 629 g/mol. The molecule has 2 aromatic heterocycles. The highest BCUT2D eigenvalue weighted by Gasteiger charge is 2.31. The molecule has 1 saturated heterocycles. The molecule has 3 heterocycles. The Morgan fingerprint density at radius 3 is 2.43 bits per heavy atom. The lowest BCUT2D eigenvalue weighted by Gasteiger charge is -2.26. The molecule has 4 aromatic rings. The van der Waals surface area contributed by atoms with Crippen LogP contribution in [-0.2, 0) is 15.7 Å². The van der Waals surface area contributed by atoms with Crippen molar-refractivity contribution < 1.29 is 41.0 Å². The second kappa shape index (κ2) is 15.8. The summed E-state index contributed by atoms with van der Waals surface area (Å²) in [6.45, 7) is 8.04. The summed E-state index contributed by atoms with van der Waals surface area (Å²) in [6, 6.07) is 5.47. The average Bonchev–Trinajstić information content (AvgIpc) is 3.45. The number of ether oxygens (including phenoxy) is 2. The number of aromatic nitrogens is 3. The molecule has 11 nitrogen and oxygen atoms in total. The second-order valence-corrected chi connectivity index (χ2v) is 10.1. The van der Waals surface area contributed by atoms with E-state index < -0.39 is 40.9 Å². The van der Waals surface area contributed by atoms with Crippen LogP contribution in [0.3, 0.4) is 0 Å². The average molecular weight is 664 g/mol. The van der Waals surface area contributed by atoms with Crippen LogP contribution >= 0.6 is 0 Å². The molecule has 47 heavy (non-hydrogen) atoms. The SMILES string of the molecule is CC.Nc1ncnn2c(C(=O)COCCCN3CCOCC3)cc(-c3ccc(NC(=O)Nc4cc(C(F)(F)F)ccc4F)c(F)c3)c12. The summed E-state index contributed by atoms with van der Waals surface area (Å²) in [4.78, 5) is 31.7. The molecule has 0 spiro atoms. The van der Waals surface area contributed by atoms with Crippen LogP contribution in [0.2, 0.25) is 0 Å². The molecule has 0 saturated carbocycles. The van der Waals surface area contributed by atoms with Crippen LogP contribution in [0.15, 0.2) is 48.8 Å². The first-order chi connectivity index (χ1) is 22.5. The number of hydrogen-bond donors (Lipinski definition) is 3. The molecule has 16 heteroatoms. The van der Waals surface area contributed by atoms with Crippen LogP contribution in [0.1, 0.15) is 36.3 Å². The summed E-state index contributed by atoms with van der Waals surface area (Å²) in [7, 11) is 0. The summed E-state index contributed by atoms with van der Waals surface area (Å²) in [5.41, 5.74) is 4.77. The van der Waals surface area contributed by atoms with Crippen molar-refractivity contribution in [1.29, 1.82) is 0 Å². The van der Waals surface area contributed by atoms with Crippen molar-refractivity contribution in [2.24, 2.45) is 0 Å². The summed E-state index contributed by atoms with van der Waals surface area (Å²) < 4.78 is 80.3. The number of benzene rings is 2. The molecule has 5 rings (SSSR count). The zero-order chi connectivity index (χ0) is 34.1. The van der Waals surface area contributed by atoms with Gasteiger partial charge in [-0.05, 0) is 48.4 Å². The van der Waals surface area contributed by atoms with Crippen LogP contribution < -0.4 is 16.4 Å². The van der Waals surface area contributed by atoms with Gasteiger partial charge in [-0.3, -0.25) is 9.69 Å². The van der Waals surface area contributed by atoms with Gasteiger partial charge in [-0.1, -0.05) is 19.9 Å². The number of alkyl halides is 3. The van der Waals surface area contributed by atoms with E-state index in [2.05, 4.69) is 20.3 Å². The summed E-state index contributed by atoms with van der Waals surface area (Å²) in [5, 5.41) is 8.22. The van der Waals surface area contributed by atoms with Gasteiger partial charge in [0.05, 0.1) is 30.2 Å². The zero-order valence-corrected chi connectivity index (χ0v) is 25.7. The number of rotatable bonds is 10. The normalized spacial score (nSPS) is 13.6. The number of fused-ring (bicyclic) bond motifs is 1. The lowest BCUT2D eigenvalue weighted by atomic mass is 10.1. The number of amides is 2. The van der Waals surface area contributed by atoms with E-state index in [9.17, 15) is 27.2 Å². The van der Waals surface area contributed by atoms with Crippen LogP contribution in [0.4, 0.5) is 43.9 Å². The maximum atomic E-state index is 15.1. The predicted octanol–water partition coefficient (Wildman–Crippen LogP) is 5.87. The first-order valence-electron chi connectivity index (χ1n) is 14.8. The van der Waals surface area contributed by atoms with Gasteiger partial charge in [0, 0.05) is 31.8 Å². The summed E-state index contributed by atoms with van der Waals surface area (Å²) in [6.07, 6.45) is -2.86. The number of ketones is 1. The van der Waals surface area contributed by atoms with Crippen LogP contribution in [0.25, 0.3) is 16.6 Å². The van der Waals surface area contributed by atoms with E-state index in [0.717, 1.165) is 32.1 Å². The van der Waals surface area contributed by atoms with Crippen molar-refractivity contribution in [2.45, 2.75) is 26.4 Å². The standard InChI is InChI=1S/C29H28F5N7O4.C2H6/c30-20-4-3-18(29(32,33)34)13-23(20)39-28(43)38-22-5-2-17(12-21(22)31)19-14-24(41-26(19)27(35)36-16-37-41)25(42)15-45-9-1-6-40-7-10-44-11-8-40;1-2/h2-5,12-14,16H,1,6-11,15H2,(H2,35,36,37)(H2,38,39,43);1-2H3. The Bertz CT molecular complexity index is 1710. The molecule has 4 N–H and O–H groups in total. The highest BCUT2D eigenvalue weighted by atomic mass is 19.4. The monoisotopic (exact) mass is 663 g/mol. The van der Waals surface area contributed by atoms with E-state index in [0.29, 0.717) is 43.6 Å². The Balaban J connectivity index is 0.00000245. The zero-order valence-electron chi connectivity index (χ0n) is 25.7. The number of nitrogens with two attached hydrogens (primary N) is 1. The Morgan fingerprint density at radius 2 is 1.72 bits per heavy atom. The second-order valence-electron chi connectivity index (χ2n) is 10.1. The molecule has 252 valence electrons. The van der Waals surface area contributed by atoms with Crippen LogP contribution in [0, 0.1) is 11.6 Å². The molecule has 2 aromatic carbocycles. The van der Waals surface area contributed by atoms with Gasteiger partial charge in [0.1, 0.15) is 35.8 Å². The minimum Gasteiger partial charge on any atom is -0.382 e. The minimum atomic E-state index is -4.76. The number of urea groups is 1. The van der Waals surface area contributed by atoms with Gasteiger partial charge in [-0.2, -0.15) is 18.3 Å². The fourth-order valence-electron chi connectivity index (χ4n) is 4.80. The predicted molar refractivity (Wildman–Crippen MR) is 165 cm³/mol. The van der Waals surface area contributed by atoms with Gasteiger partial charge >= 0.3 is 12.2 Å². The quantitative estimate of drug-likeness (QED) is 0.109. The topological polar surface area (TPSA) is 136 Å². The van der Waals surface area contributed by atoms with E-state index in [4.69, 9.17) is 15.2 Å². The molecule has 0 aliphatic carbocycles. The van der Waals surface area contributed by atoms with Gasteiger partial charge in [0.15, 0.2) is 5.82 Å². The maximum absolute atomic E-state index is 15.1. The number of anilines is 3. The lowest BCUT2D eigenvalue weighted by molar-refractivity contribution is -0.137. The van der Waals surface area contributed by atoms with E-state index in [1.807, 2.05) is 19.2 Å². The van der Waals surface area contributed by atoms with Crippen molar-refractivity contribution in [3.05, 3.63) is 71.7 Å². The molecule has 0 radical (unpaired) electrons. The number of nitrogens with zero attached hydrogens (tertiary/aromatic N) is 4. The lowest BCUT2D eigenvalue weighted by Crippen LogP contribution is -2.37. The van der Waals surface area contributed by atoms with E-state index in [1.54, 1.807) is 0 Å². The highest BCUT2D eigenvalue weighted by Crippen LogP contribution is 2.34. The Morgan fingerprint density at radius 1 is 1.00 bits per heavy atom. The van der Waals surface area contributed by atoms with Crippen molar-refractivity contribution >= 4 is 34.5 Å². The number of morpholine rings is 1.